The molecule has 0 saturated heterocycles. The Kier molecular flexibility index (Phi) is 5.64. The predicted octanol–water partition coefficient (Wildman–Crippen LogP) is 2.52. The summed E-state index contributed by atoms with van der Waals surface area (Å²) in [7, 11) is 0. The van der Waals surface area contributed by atoms with Crippen molar-refractivity contribution in [1.29, 1.82) is 0 Å². The van der Waals surface area contributed by atoms with Gasteiger partial charge in [0.15, 0.2) is 18.1 Å². The number of rotatable bonds is 7. The molecule has 2 aromatic rings. The molecule has 0 spiro atoms. The number of phenols is 1. The van der Waals surface area contributed by atoms with E-state index in [9.17, 15) is 9.90 Å². The van der Waals surface area contributed by atoms with Crippen LogP contribution in [0.1, 0.15) is 12.0 Å². The predicted molar refractivity (Wildman–Crippen MR) is 81.4 cm³/mol. The number of benzene rings is 2. The van der Waals surface area contributed by atoms with E-state index in [4.69, 9.17) is 4.74 Å². The van der Waals surface area contributed by atoms with Crippen molar-refractivity contribution >= 4 is 5.91 Å². The SMILES string of the molecule is O=C(COc1ccccc1O)NCCCc1ccccc1. The highest BCUT2D eigenvalue weighted by Crippen LogP contribution is 2.23. The smallest absolute Gasteiger partial charge is 0.257 e. The molecule has 0 fully saturated rings. The second-order valence-electron chi connectivity index (χ2n) is 4.70. The molecule has 21 heavy (non-hydrogen) atoms. The van der Waals surface area contributed by atoms with Crippen molar-refractivity contribution in [3.05, 3.63) is 60.2 Å². The molecular weight excluding hydrogens is 266 g/mol. The van der Waals surface area contributed by atoms with E-state index < -0.39 is 0 Å². The van der Waals surface area contributed by atoms with Gasteiger partial charge in [-0.15, -0.1) is 0 Å². The zero-order valence-electron chi connectivity index (χ0n) is 11.8. The number of phenolic OH excluding ortho intramolecular Hbond substituents is 1. The lowest BCUT2D eigenvalue weighted by Crippen LogP contribution is -2.29. The maximum atomic E-state index is 11.6. The van der Waals surface area contributed by atoms with Crippen molar-refractivity contribution in [2.75, 3.05) is 13.2 Å². The summed E-state index contributed by atoms with van der Waals surface area (Å²) in [5, 5.41) is 12.3. The number of ether oxygens (including phenoxy) is 1. The van der Waals surface area contributed by atoms with E-state index in [1.807, 2.05) is 18.2 Å². The van der Waals surface area contributed by atoms with Crippen LogP contribution in [-0.2, 0) is 11.2 Å². The molecule has 0 aromatic heterocycles. The van der Waals surface area contributed by atoms with Crippen molar-refractivity contribution < 1.29 is 14.6 Å². The van der Waals surface area contributed by atoms with Gasteiger partial charge >= 0.3 is 0 Å². The first kappa shape index (κ1) is 14.9. The van der Waals surface area contributed by atoms with Gasteiger partial charge in [-0.2, -0.15) is 0 Å². The van der Waals surface area contributed by atoms with Crippen molar-refractivity contribution in [2.45, 2.75) is 12.8 Å². The van der Waals surface area contributed by atoms with E-state index >= 15 is 0 Å². The second kappa shape index (κ2) is 7.94. The quantitative estimate of drug-likeness (QED) is 0.769. The largest absolute Gasteiger partial charge is 0.504 e. The Morgan fingerprint density at radius 1 is 1.05 bits per heavy atom. The van der Waals surface area contributed by atoms with Crippen LogP contribution in [0.3, 0.4) is 0 Å². The van der Waals surface area contributed by atoms with Gasteiger partial charge in [-0.05, 0) is 30.5 Å². The lowest BCUT2D eigenvalue weighted by molar-refractivity contribution is -0.123. The highest BCUT2D eigenvalue weighted by Gasteiger charge is 2.05. The molecule has 0 unspecified atom stereocenters. The molecule has 2 N–H and O–H groups in total. The molecule has 0 aliphatic rings. The van der Waals surface area contributed by atoms with Crippen molar-refractivity contribution in [3.63, 3.8) is 0 Å². The number of hydrogen-bond donors (Lipinski definition) is 2. The average Bonchev–Trinajstić information content (AvgIpc) is 2.52. The molecule has 0 saturated carbocycles. The molecule has 2 rings (SSSR count). The summed E-state index contributed by atoms with van der Waals surface area (Å²) in [5.74, 6) is 0.164. The van der Waals surface area contributed by atoms with Crippen LogP contribution in [0.2, 0.25) is 0 Å². The van der Waals surface area contributed by atoms with E-state index in [1.54, 1.807) is 18.2 Å². The van der Waals surface area contributed by atoms with Crippen LogP contribution in [0.15, 0.2) is 54.6 Å². The summed E-state index contributed by atoms with van der Waals surface area (Å²) in [4.78, 5) is 11.6. The Labute approximate surface area is 124 Å². The number of para-hydroxylation sites is 2. The first-order valence-corrected chi connectivity index (χ1v) is 6.97. The maximum absolute atomic E-state index is 11.6. The number of aryl methyl sites for hydroxylation is 1. The minimum absolute atomic E-state index is 0.0365. The highest BCUT2D eigenvalue weighted by atomic mass is 16.5. The first-order chi connectivity index (χ1) is 10.3. The average molecular weight is 285 g/mol. The maximum Gasteiger partial charge on any atom is 0.257 e. The summed E-state index contributed by atoms with van der Waals surface area (Å²) in [6, 6.07) is 16.7. The Hall–Kier alpha value is -2.49. The van der Waals surface area contributed by atoms with Gasteiger partial charge in [0.1, 0.15) is 0 Å². The first-order valence-electron chi connectivity index (χ1n) is 6.97. The Morgan fingerprint density at radius 3 is 2.52 bits per heavy atom. The van der Waals surface area contributed by atoms with Gasteiger partial charge in [0.25, 0.3) is 5.91 Å². The van der Waals surface area contributed by atoms with Crippen molar-refractivity contribution in [1.82, 2.24) is 5.32 Å². The van der Waals surface area contributed by atoms with E-state index in [-0.39, 0.29) is 18.3 Å². The van der Waals surface area contributed by atoms with E-state index in [0.29, 0.717) is 12.3 Å². The van der Waals surface area contributed by atoms with Gasteiger partial charge in [0.2, 0.25) is 0 Å². The van der Waals surface area contributed by atoms with Crippen LogP contribution in [0.5, 0.6) is 11.5 Å². The lowest BCUT2D eigenvalue weighted by atomic mass is 10.1. The topological polar surface area (TPSA) is 58.6 Å². The van der Waals surface area contributed by atoms with Crippen molar-refractivity contribution in [3.8, 4) is 11.5 Å². The highest BCUT2D eigenvalue weighted by molar-refractivity contribution is 5.77. The van der Waals surface area contributed by atoms with Crippen molar-refractivity contribution in [2.24, 2.45) is 0 Å². The molecule has 1 amide bonds. The summed E-state index contributed by atoms with van der Waals surface area (Å²) >= 11 is 0. The van der Waals surface area contributed by atoms with Gasteiger partial charge in [0.05, 0.1) is 0 Å². The number of nitrogens with one attached hydrogen (secondary N) is 1. The monoisotopic (exact) mass is 285 g/mol. The summed E-state index contributed by atoms with van der Waals surface area (Å²) in [6.45, 7) is 0.515. The Morgan fingerprint density at radius 2 is 1.76 bits per heavy atom. The minimum Gasteiger partial charge on any atom is -0.504 e. The fourth-order valence-corrected chi connectivity index (χ4v) is 1.94. The molecule has 4 heteroatoms. The van der Waals surface area contributed by atoms with Gasteiger partial charge < -0.3 is 15.2 Å². The summed E-state index contributed by atoms with van der Waals surface area (Å²) in [6.07, 6.45) is 1.81. The third-order valence-electron chi connectivity index (χ3n) is 3.03. The van der Waals surface area contributed by atoms with Crippen LogP contribution < -0.4 is 10.1 Å². The molecule has 0 aliphatic carbocycles. The normalized spacial score (nSPS) is 10.1. The van der Waals surface area contributed by atoms with Crippen LogP contribution >= 0.6 is 0 Å². The number of amides is 1. The fourth-order valence-electron chi connectivity index (χ4n) is 1.94. The molecule has 0 aliphatic heterocycles. The molecule has 0 heterocycles. The van der Waals surface area contributed by atoms with Gasteiger partial charge in [-0.3, -0.25) is 4.79 Å². The van der Waals surface area contributed by atoms with E-state index in [0.717, 1.165) is 12.8 Å². The minimum atomic E-state index is -0.189. The molecular formula is C17H19NO3. The van der Waals surface area contributed by atoms with E-state index in [1.165, 1.54) is 11.6 Å². The molecule has 110 valence electrons. The van der Waals surface area contributed by atoms with Gasteiger partial charge in [-0.1, -0.05) is 42.5 Å². The number of hydrogen-bond acceptors (Lipinski definition) is 3. The number of carbonyl (C=O) groups excluding carboxylic acids is 1. The van der Waals surface area contributed by atoms with E-state index in [2.05, 4.69) is 17.4 Å². The fraction of sp³-hybridized carbons (Fsp3) is 0.235. The molecule has 0 radical (unpaired) electrons. The zero-order chi connectivity index (χ0) is 14.9. The number of aromatic hydroxyl groups is 1. The van der Waals surface area contributed by atoms with Crippen LogP contribution in [0.4, 0.5) is 0 Å². The zero-order valence-corrected chi connectivity index (χ0v) is 11.8. The summed E-state index contributed by atoms with van der Waals surface area (Å²) in [5.41, 5.74) is 1.26. The molecule has 0 bridgehead atoms. The second-order valence-corrected chi connectivity index (χ2v) is 4.70. The third-order valence-corrected chi connectivity index (χ3v) is 3.03. The molecule has 2 aromatic carbocycles. The van der Waals surface area contributed by atoms with Crippen LogP contribution in [-0.4, -0.2) is 24.2 Å². The standard InChI is InChI=1S/C17H19NO3/c19-15-10-4-5-11-16(15)21-13-17(20)18-12-6-9-14-7-2-1-3-8-14/h1-5,7-8,10-11,19H,6,9,12-13H2,(H,18,20). The summed E-state index contributed by atoms with van der Waals surface area (Å²) < 4.78 is 5.25. The Balaban J connectivity index is 1.63. The van der Waals surface area contributed by atoms with Gasteiger partial charge in [-0.25, -0.2) is 0 Å². The van der Waals surface area contributed by atoms with Crippen LogP contribution in [0.25, 0.3) is 0 Å². The molecule has 4 nitrogen and oxygen atoms in total. The third kappa shape index (κ3) is 5.18. The van der Waals surface area contributed by atoms with Crippen LogP contribution in [0, 0.1) is 0 Å². The van der Waals surface area contributed by atoms with Gasteiger partial charge in [0, 0.05) is 6.54 Å². The molecule has 0 atom stereocenters. The number of carbonyl (C=O) groups is 1. The lowest BCUT2D eigenvalue weighted by Gasteiger charge is -2.08. The Bertz CT molecular complexity index is 569.